The van der Waals surface area contributed by atoms with E-state index in [9.17, 15) is 13.2 Å². The second kappa shape index (κ2) is 34.6. The van der Waals surface area contributed by atoms with Crippen LogP contribution in [0.25, 0.3) is 0 Å². The highest BCUT2D eigenvalue weighted by Crippen LogP contribution is 2.37. The van der Waals surface area contributed by atoms with Crippen molar-refractivity contribution in [2.75, 3.05) is 140 Å². The third kappa shape index (κ3) is 23.0. The molecular weight excluding hydrogens is 1050 g/mol. The van der Waals surface area contributed by atoms with E-state index in [2.05, 4.69) is 164 Å². The number of nitrogens with one attached hydrogen (secondary N) is 4. The lowest BCUT2D eigenvalue weighted by Crippen LogP contribution is -2.58. The monoisotopic (exact) mass is 1170 g/mol. The van der Waals surface area contributed by atoms with E-state index in [4.69, 9.17) is 11.6 Å². The van der Waals surface area contributed by atoms with Crippen LogP contribution in [0.15, 0.2) is 42.5 Å². The first-order valence-electron chi connectivity index (χ1n) is 32.9. The first-order valence-corrected chi connectivity index (χ1v) is 33.2. The molecule has 2 aliphatic carbocycles. The van der Waals surface area contributed by atoms with Crippen molar-refractivity contribution in [1.29, 1.82) is 0 Å². The van der Waals surface area contributed by atoms with Crippen LogP contribution in [0, 0.1) is 24.7 Å². The van der Waals surface area contributed by atoms with Gasteiger partial charge in [-0.15, -0.1) is 0 Å². The molecule has 4 fully saturated rings. The molecule has 0 amide bonds. The van der Waals surface area contributed by atoms with Gasteiger partial charge in [-0.25, -0.2) is 0 Å². The fraction of sp³-hybridized carbons (Fsp3) is 0.821. The number of halogens is 4. The van der Waals surface area contributed by atoms with Crippen LogP contribution in [-0.2, 0) is 19.0 Å². The van der Waals surface area contributed by atoms with Crippen molar-refractivity contribution in [1.82, 2.24) is 55.6 Å². The van der Waals surface area contributed by atoms with Gasteiger partial charge in [0.05, 0.1) is 10.6 Å². The zero-order valence-electron chi connectivity index (χ0n) is 53.9. The van der Waals surface area contributed by atoms with Gasteiger partial charge in [0.2, 0.25) is 0 Å². The fourth-order valence-corrected chi connectivity index (χ4v) is 14.5. The summed E-state index contributed by atoms with van der Waals surface area (Å²) in [7, 11) is 14.0. The molecule has 2 saturated heterocycles. The maximum absolute atomic E-state index is 13.8. The largest absolute Gasteiger partial charge is 0.417 e. The Bertz CT molecular complexity index is 2070. The van der Waals surface area contributed by atoms with Gasteiger partial charge in [0.1, 0.15) is 0 Å². The Kier molecular flexibility index (Phi) is 29.2. The van der Waals surface area contributed by atoms with Gasteiger partial charge in [0.15, 0.2) is 0 Å². The molecule has 2 heterocycles. The van der Waals surface area contributed by atoms with Gasteiger partial charge in [-0.3, -0.25) is 4.90 Å². The lowest BCUT2D eigenvalue weighted by molar-refractivity contribution is -0.137. The predicted octanol–water partition coefficient (Wildman–Crippen LogP) is 10.5. The summed E-state index contributed by atoms with van der Waals surface area (Å²) in [6.07, 6.45) is 14.2. The van der Waals surface area contributed by atoms with Crippen LogP contribution in [0.3, 0.4) is 0 Å². The van der Waals surface area contributed by atoms with Crippen molar-refractivity contribution < 1.29 is 13.2 Å². The summed E-state index contributed by atoms with van der Waals surface area (Å²) < 4.78 is 41.3. The Morgan fingerprint density at radius 2 is 1.34 bits per heavy atom. The van der Waals surface area contributed by atoms with Gasteiger partial charge in [-0.1, -0.05) is 107 Å². The molecule has 4 aliphatic rings. The van der Waals surface area contributed by atoms with Gasteiger partial charge < -0.3 is 50.7 Å². The van der Waals surface area contributed by atoms with E-state index in [-0.39, 0.29) is 16.6 Å². The molecule has 6 rings (SSSR count). The quantitative estimate of drug-likeness (QED) is 0.184. The van der Waals surface area contributed by atoms with Crippen molar-refractivity contribution in [3.8, 4) is 0 Å². The van der Waals surface area contributed by atoms with Crippen LogP contribution in [0.1, 0.15) is 147 Å². The summed E-state index contributed by atoms with van der Waals surface area (Å²) in [5, 5.41) is 16.4. The van der Waals surface area contributed by atoms with Gasteiger partial charge >= 0.3 is 6.18 Å². The first kappa shape index (κ1) is 69.2. The molecule has 0 radical (unpaired) electrons. The lowest BCUT2D eigenvalue weighted by atomic mass is 9.91. The van der Waals surface area contributed by atoms with Crippen LogP contribution in [0.5, 0.6) is 0 Å². The molecule has 4 N–H and O–H groups in total. The van der Waals surface area contributed by atoms with Gasteiger partial charge in [0, 0.05) is 133 Å². The molecule has 2 aromatic rings. The van der Waals surface area contributed by atoms with Crippen molar-refractivity contribution >= 4 is 11.6 Å². The number of benzene rings is 2. The SMILES string of the molecule is CC[C@H](C)[C@H]1CN(C)CCN(C)CCN(C)[C@@H](Cc2ccc(C)cc2)CN(C)CCN[C@@H](CCc2ccc(C(F)(F)F)c(Cl)c2)CN2CCC[C@H]2CNC2(CCCC2)CN(C)[C@@H](C2CCCC2)CN[C@H](C)CCN(C)[C@@H](CC(C)C)CN1. The molecule has 2 aromatic carbocycles. The Morgan fingerprint density at radius 3 is 2.02 bits per heavy atom. The van der Waals surface area contributed by atoms with E-state index in [1.54, 1.807) is 6.07 Å². The van der Waals surface area contributed by atoms with Crippen LogP contribution in [0.2, 0.25) is 5.02 Å². The summed E-state index contributed by atoms with van der Waals surface area (Å²) in [6.45, 7) is 29.1. The summed E-state index contributed by atoms with van der Waals surface area (Å²) in [5.74, 6) is 1.96. The Balaban J connectivity index is 1.22. The summed E-state index contributed by atoms with van der Waals surface area (Å²) in [4.78, 5) is 18.3. The highest BCUT2D eigenvalue weighted by atomic mass is 35.5. The van der Waals surface area contributed by atoms with E-state index in [1.807, 2.05) is 0 Å². The molecule has 8 atom stereocenters. The molecule has 2 aliphatic heterocycles. The summed E-state index contributed by atoms with van der Waals surface area (Å²) in [5.41, 5.74) is 2.85. The summed E-state index contributed by atoms with van der Waals surface area (Å²) >= 11 is 6.29. The molecule has 0 unspecified atom stereocenters. The smallest absolute Gasteiger partial charge is 0.313 e. The number of aryl methyl sites for hydroxylation is 2. The number of alkyl halides is 3. The summed E-state index contributed by atoms with van der Waals surface area (Å²) in [6, 6.07) is 16.2. The maximum Gasteiger partial charge on any atom is 0.417 e. The lowest BCUT2D eigenvalue weighted by Gasteiger charge is -2.42. The fourth-order valence-electron chi connectivity index (χ4n) is 14.2. The molecular formula is C67H119ClF3N11. The second-order valence-corrected chi connectivity index (χ2v) is 28.0. The second-order valence-electron chi connectivity index (χ2n) is 27.6. The van der Waals surface area contributed by atoms with E-state index in [0.29, 0.717) is 54.5 Å². The highest BCUT2D eigenvalue weighted by molar-refractivity contribution is 6.31. The minimum absolute atomic E-state index is 0.110. The third-order valence-electron chi connectivity index (χ3n) is 20.2. The van der Waals surface area contributed by atoms with Gasteiger partial charge in [-0.2, -0.15) is 13.2 Å². The highest BCUT2D eigenvalue weighted by Gasteiger charge is 2.40. The zero-order chi connectivity index (χ0) is 59.4. The molecule has 0 bridgehead atoms. The maximum atomic E-state index is 13.8. The average molecular weight is 1170 g/mol. The Hall–Kier alpha value is -1.92. The van der Waals surface area contributed by atoms with Crippen LogP contribution < -0.4 is 21.3 Å². The normalized spacial score (nSPS) is 29.1. The minimum atomic E-state index is -4.47. The molecule has 15 heteroatoms. The van der Waals surface area contributed by atoms with Crippen LogP contribution >= 0.6 is 11.6 Å². The number of fused-ring (bicyclic) bond motifs is 1. The Morgan fingerprint density at radius 1 is 0.671 bits per heavy atom. The number of likely N-dealkylation sites (N-methyl/N-ethyl adjacent to an activating group) is 6. The van der Waals surface area contributed by atoms with E-state index < -0.39 is 11.7 Å². The van der Waals surface area contributed by atoms with E-state index in [0.717, 1.165) is 135 Å². The molecule has 470 valence electrons. The van der Waals surface area contributed by atoms with E-state index >= 15 is 0 Å². The van der Waals surface area contributed by atoms with Gasteiger partial charge in [0.25, 0.3) is 0 Å². The molecule has 0 aromatic heterocycles. The average Bonchev–Trinajstić information content (AvgIpc) is 4.25. The first-order chi connectivity index (χ1) is 39.1. The minimum Gasteiger partial charge on any atom is -0.313 e. The molecule has 82 heavy (non-hydrogen) atoms. The number of hydrogen-bond acceptors (Lipinski definition) is 11. The Labute approximate surface area is 504 Å². The van der Waals surface area contributed by atoms with Crippen LogP contribution in [-0.4, -0.2) is 223 Å². The standard InChI is InChI=1S/C67H119ClF3N11/c1-13-53(5)64-49-78(9)38-37-76(7)39-40-80(11)61(42-55-24-22-52(4)23-25-55)48-77(8)36-33-72-58(28-26-56-27-29-62(63(68)43-56)67(69,70)71)47-82-34-18-21-59(82)45-75-66(31-16-17-32-66)50-81(12)65(57-19-14-15-20-57)46-73-54(6)30-35-79(10)60(44-74-64)41-51(2)3/h22-25,27,29,43,51,53-54,57-61,64-65,72-75H,13-21,26,28,30-42,44-50H2,1-12H3/t53-,54+,58-,59-,60-,61-,64+,65+/m0/s1. The number of nitrogens with zero attached hydrogens (tertiary/aromatic N) is 7. The van der Waals surface area contributed by atoms with Crippen LogP contribution in [0.4, 0.5) is 13.2 Å². The third-order valence-corrected chi connectivity index (χ3v) is 20.5. The molecule has 2 saturated carbocycles. The number of hydrogen-bond donors (Lipinski definition) is 4. The van der Waals surface area contributed by atoms with E-state index in [1.165, 1.54) is 94.2 Å². The van der Waals surface area contributed by atoms with Crippen molar-refractivity contribution in [2.24, 2.45) is 17.8 Å². The van der Waals surface area contributed by atoms with Crippen molar-refractivity contribution in [2.45, 2.75) is 198 Å². The molecule has 1 spiro atoms. The zero-order valence-corrected chi connectivity index (χ0v) is 54.6. The predicted molar refractivity (Wildman–Crippen MR) is 342 cm³/mol. The van der Waals surface area contributed by atoms with Crippen molar-refractivity contribution in [3.63, 3.8) is 0 Å². The number of rotatable bonds is 10. The van der Waals surface area contributed by atoms with Gasteiger partial charge in [-0.05, 0) is 181 Å². The van der Waals surface area contributed by atoms with Crippen molar-refractivity contribution in [3.05, 3.63) is 69.7 Å². The molecule has 11 nitrogen and oxygen atoms in total. The topological polar surface area (TPSA) is 70.8 Å².